The summed E-state index contributed by atoms with van der Waals surface area (Å²) in [6.07, 6.45) is 1.60. The normalized spacial score (nSPS) is 9.76. The average Bonchev–Trinajstić information content (AvgIpc) is 2.29. The number of nitrogens with zero attached hydrogens (tertiary/aromatic N) is 1. The van der Waals surface area contributed by atoms with E-state index in [1.165, 1.54) is 6.07 Å². The lowest BCUT2D eigenvalue weighted by molar-refractivity contribution is -0.143. The summed E-state index contributed by atoms with van der Waals surface area (Å²) in [4.78, 5) is 25.7. The molecule has 0 fully saturated rings. The molecule has 0 aliphatic rings. The lowest BCUT2D eigenvalue weighted by atomic mass is 10.2. The SMILES string of the molecule is CCOC(=O)CN(N)C(=O)c1ccc[nH]c1=S. The Hall–Kier alpha value is -1.73. The fourth-order valence-corrected chi connectivity index (χ4v) is 1.39. The van der Waals surface area contributed by atoms with Gasteiger partial charge in [0.25, 0.3) is 5.91 Å². The summed E-state index contributed by atoms with van der Waals surface area (Å²) >= 11 is 4.94. The van der Waals surface area contributed by atoms with Crippen LogP contribution in [0.1, 0.15) is 17.3 Å². The van der Waals surface area contributed by atoms with E-state index in [4.69, 9.17) is 18.1 Å². The third-order valence-corrected chi connectivity index (χ3v) is 2.25. The molecule has 0 bridgehead atoms. The molecule has 0 aromatic carbocycles. The first-order valence-electron chi connectivity index (χ1n) is 4.96. The van der Waals surface area contributed by atoms with Crippen molar-refractivity contribution < 1.29 is 14.3 Å². The molecule has 6 nitrogen and oxygen atoms in total. The van der Waals surface area contributed by atoms with Crippen molar-refractivity contribution in [3.8, 4) is 0 Å². The van der Waals surface area contributed by atoms with E-state index in [1.807, 2.05) is 0 Å². The molecule has 1 aromatic heterocycles. The number of hydrazine groups is 1. The van der Waals surface area contributed by atoms with Crippen LogP contribution in [0.25, 0.3) is 0 Å². The fourth-order valence-electron chi connectivity index (χ4n) is 1.16. The van der Waals surface area contributed by atoms with Gasteiger partial charge in [0.1, 0.15) is 11.2 Å². The minimum Gasteiger partial charge on any atom is -0.465 e. The number of aromatic nitrogens is 1. The van der Waals surface area contributed by atoms with Gasteiger partial charge in [-0.1, -0.05) is 12.2 Å². The maximum absolute atomic E-state index is 11.8. The number of rotatable bonds is 4. The van der Waals surface area contributed by atoms with Crippen molar-refractivity contribution in [1.29, 1.82) is 0 Å². The molecule has 3 N–H and O–H groups in total. The number of hydrogen-bond acceptors (Lipinski definition) is 5. The van der Waals surface area contributed by atoms with Crippen LogP contribution in [0.2, 0.25) is 0 Å². The number of esters is 1. The molecule has 0 aliphatic carbocycles. The highest BCUT2D eigenvalue weighted by Crippen LogP contribution is 2.02. The third kappa shape index (κ3) is 3.65. The Morgan fingerprint density at radius 2 is 2.29 bits per heavy atom. The second-order valence-electron chi connectivity index (χ2n) is 3.15. The molecule has 0 radical (unpaired) electrons. The molecule has 92 valence electrons. The quantitative estimate of drug-likeness (QED) is 0.271. The largest absolute Gasteiger partial charge is 0.465 e. The number of pyridine rings is 1. The number of aromatic amines is 1. The molecule has 0 aliphatic heterocycles. The van der Waals surface area contributed by atoms with E-state index >= 15 is 0 Å². The smallest absolute Gasteiger partial charge is 0.327 e. The van der Waals surface area contributed by atoms with Gasteiger partial charge < -0.3 is 9.72 Å². The number of hydrogen-bond donors (Lipinski definition) is 2. The summed E-state index contributed by atoms with van der Waals surface area (Å²) in [6.45, 7) is 1.61. The number of ether oxygens (including phenoxy) is 1. The first kappa shape index (κ1) is 13.3. The molecule has 0 spiro atoms. The highest BCUT2D eigenvalue weighted by Gasteiger charge is 2.17. The molecular formula is C10H13N3O3S. The Balaban J connectivity index is 2.74. The van der Waals surface area contributed by atoms with Gasteiger partial charge in [0.15, 0.2) is 0 Å². The van der Waals surface area contributed by atoms with Crippen molar-refractivity contribution >= 4 is 24.1 Å². The number of amides is 1. The molecule has 17 heavy (non-hydrogen) atoms. The zero-order valence-corrected chi connectivity index (χ0v) is 10.1. The van der Waals surface area contributed by atoms with Crippen molar-refractivity contribution in [2.45, 2.75) is 6.92 Å². The summed E-state index contributed by atoms with van der Waals surface area (Å²) in [5.41, 5.74) is 0.245. The highest BCUT2D eigenvalue weighted by atomic mass is 32.1. The molecule has 0 unspecified atom stereocenters. The number of carbonyl (C=O) groups is 2. The van der Waals surface area contributed by atoms with Gasteiger partial charge in [-0.25, -0.2) is 5.84 Å². The van der Waals surface area contributed by atoms with E-state index in [1.54, 1.807) is 19.2 Å². The van der Waals surface area contributed by atoms with E-state index in [9.17, 15) is 9.59 Å². The Morgan fingerprint density at radius 1 is 1.59 bits per heavy atom. The lowest BCUT2D eigenvalue weighted by Gasteiger charge is -2.15. The molecule has 7 heteroatoms. The summed E-state index contributed by atoms with van der Waals surface area (Å²) in [7, 11) is 0. The molecule has 0 saturated heterocycles. The van der Waals surface area contributed by atoms with Crippen LogP contribution in [0.4, 0.5) is 0 Å². The summed E-state index contributed by atoms with van der Waals surface area (Å²) in [5, 5.41) is 0.775. The number of nitrogens with two attached hydrogens (primary N) is 1. The van der Waals surface area contributed by atoms with Crippen LogP contribution < -0.4 is 5.84 Å². The summed E-state index contributed by atoms with van der Waals surface area (Å²) in [6, 6.07) is 3.16. The lowest BCUT2D eigenvalue weighted by Crippen LogP contribution is -2.42. The minimum absolute atomic E-state index is 0.242. The number of carbonyl (C=O) groups excluding carboxylic acids is 2. The predicted octanol–water partition coefficient (Wildman–Crippen LogP) is 0.623. The molecule has 1 amide bonds. The number of nitrogens with one attached hydrogen (secondary N) is 1. The van der Waals surface area contributed by atoms with Gasteiger partial charge in [0, 0.05) is 6.20 Å². The van der Waals surface area contributed by atoms with Crippen LogP contribution in [-0.2, 0) is 9.53 Å². The Morgan fingerprint density at radius 3 is 2.88 bits per heavy atom. The van der Waals surface area contributed by atoms with E-state index in [0.717, 1.165) is 5.01 Å². The highest BCUT2D eigenvalue weighted by molar-refractivity contribution is 7.71. The molecule has 1 aromatic rings. The van der Waals surface area contributed by atoms with Gasteiger partial charge in [-0.05, 0) is 19.1 Å². The van der Waals surface area contributed by atoms with Crippen LogP contribution in [0.15, 0.2) is 18.3 Å². The first-order valence-corrected chi connectivity index (χ1v) is 5.37. The standard InChI is InChI=1S/C10H13N3O3S/c1-2-16-8(14)6-13(11)10(15)7-4-3-5-12-9(7)17/h3-5H,2,6,11H2,1H3,(H,12,17). The summed E-state index contributed by atoms with van der Waals surface area (Å²) < 4.78 is 4.96. The monoisotopic (exact) mass is 255 g/mol. The number of H-pyrrole nitrogens is 1. The van der Waals surface area contributed by atoms with Crippen LogP contribution in [0, 0.1) is 4.64 Å². The van der Waals surface area contributed by atoms with E-state index < -0.39 is 11.9 Å². The van der Waals surface area contributed by atoms with Gasteiger partial charge in [0.05, 0.1) is 12.2 Å². The zero-order chi connectivity index (χ0) is 12.8. The first-order chi connectivity index (χ1) is 8.06. The third-order valence-electron chi connectivity index (χ3n) is 1.91. The van der Waals surface area contributed by atoms with Crippen LogP contribution in [0.5, 0.6) is 0 Å². The maximum atomic E-state index is 11.8. The Bertz CT molecular complexity index is 472. The van der Waals surface area contributed by atoms with E-state index in [2.05, 4.69) is 9.72 Å². The molecule has 0 saturated carbocycles. The fraction of sp³-hybridized carbons (Fsp3) is 0.300. The van der Waals surface area contributed by atoms with Gasteiger partial charge in [0.2, 0.25) is 0 Å². The topological polar surface area (TPSA) is 88.4 Å². The second-order valence-corrected chi connectivity index (χ2v) is 3.56. The van der Waals surface area contributed by atoms with Crippen molar-refractivity contribution in [2.24, 2.45) is 5.84 Å². The van der Waals surface area contributed by atoms with Crippen molar-refractivity contribution in [3.63, 3.8) is 0 Å². The van der Waals surface area contributed by atoms with Gasteiger partial charge in [-0.3, -0.25) is 14.6 Å². The van der Waals surface area contributed by atoms with E-state index in [0.29, 0.717) is 0 Å². The molecule has 1 rings (SSSR count). The van der Waals surface area contributed by atoms with Crippen LogP contribution >= 0.6 is 12.2 Å². The second kappa shape index (κ2) is 6.12. The molecule has 1 heterocycles. The van der Waals surface area contributed by atoms with Gasteiger partial charge in [-0.2, -0.15) is 0 Å². The van der Waals surface area contributed by atoms with Crippen molar-refractivity contribution in [3.05, 3.63) is 28.5 Å². The Labute approximate surface area is 103 Å². The predicted molar refractivity (Wildman–Crippen MR) is 63.5 cm³/mol. The minimum atomic E-state index is -0.561. The van der Waals surface area contributed by atoms with Crippen molar-refractivity contribution in [2.75, 3.05) is 13.2 Å². The summed E-state index contributed by atoms with van der Waals surface area (Å²) in [5.74, 6) is 4.38. The van der Waals surface area contributed by atoms with Crippen molar-refractivity contribution in [1.82, 2.24) is 9.99 Å². The molecule has 0 atom stereocenters. The van der Waals surface area contributed by atoms with Gasteiger partial charge in [-0.15, -0.1) is 0 Å². The van der Waals surface area contributed by atoms with E-state index in [-0.39, 0.29) is 23.4 Å². The van der Waals surface area contributed by atoms with Crippen LogP contribution in [0.3, 0.4) is 0 Å². The van der Waals surface area contributed by atoms with Crippen LogP contribution in [-0.4, -0.2) is 35.0 Å². The average molecular weight is 255 g/mol. The molecular weight excluding hydrogens is 242 g/mol. The Kier molecular flexibility index (Phi) is 4.80. The maximum Gasteiger partial charge on any atom is 0.327 e. The van der Waals surface area contributed by atoms with Gasteiger partial charge >= 0.3 is 5.97 Å². The zero-order valence-electron chi connectivity index (χ0n) is 9.30.